The fourth-order valence-electron chi connectivity index (χ4n) is 1.61. The maximum absolute atomic E-state index is 11.5. The van der Waals surface area contributed by atoms with E-state index in [1.165, 1.54) is 0 Å². The van der Waals surface area contributed by atoms with Gasteiger partial charge in [0.2, 0.25) is 0 Å². The standard InChI is InChI=1S/C10H18N2O3S/c1-7(6-9(13)14)11-10(15)12-8-2-4-16-5-3-8/h7-8H,2-6H2,1H3,(H,13,14)(H2,11,12,15). The van der Waals surface area contributed by atoms with Crippen molar-refractivity contribution in [3.05, 3.63) is 0 Å². The first-order valence-corrected chi connectivity index (χ1v) is 6.60. The van der Waals surface area contributed by atoms with E-state index >= 15 is 0 Å². The second-order valence-electron chi connectivity index (χ2n) is 4.00. The van der Waals surface area contributed by atoms with Crippen LogP contribution in [-0.2, 0) is 4.79 Å². The second kappa shape index (κ2) is 6.62. The van der Waals surface area contributed by atoms with Crippen molar-refractivity contribution in [3.8, 4) is 0 Å². The molecule has 1 saturated heterocycles. The summed E-state index contributed by atoms with van der Waals surface area (Å²) in [5.41, 5.74) is 0. The van der Waals surface area contributed by atoms with E-state index in [2.05, 4.69) is 10.6 Å². The van der Waals surface area contributed by atoms with Crippen molar-refractivity contribution in [3.63, 3.8) is 0 Å². The van der Waals surface area contributed by atoms with Gasteiger partial charge in [0.05, 0.1) is 6.42 Å². The number of carboxylic acid groups (broad SMARTS) is 1. The number of thioether (sulfide) groups is 1. The lowest BCUT2D eigenvalue weighted by atomic mass is 10.1. The minimum atomic E-state index is -0.901. The van der Waals surface area contributed by atoms with Crippen LogP contribution in [0.25, 0.3) is 0 Å². The molecule has 1 unspecified atom stereocenters. The number of urea groups is 1. The summed E-state index contributed by atoms with van der Waals surface area (Å²) in [7, 11) is 0. The molecule has 0 spiro atoms. The fourth-order valence-corrected chi connectivity index (χ4v) is 2.71. The number of rotatable bonds is 4. The number of hydrogen-bond acceptors (Lipinski definition) is 3. The Balaban J connectivity index is 2.21. The van der Waals surface area contributed by atoms with Gasteiger partial charge in [-0.15, -0.1) is 0 Å². The molecule has 2 amide bonds. The van der Waals surface area contributed by atoms with Gasteiger partial charge in [-0.2, -0.15) is 11.8 Å². The van der Waals surface area contributed by atoms with Crippen molar-refractivity contribution < 1.29 is 14.7 Å². The van der Waals surface area contributed by atoms with Gasteiger partial charge in [0, 0.05) is 12.1 Å². The van der Waals surface area contributed by atoms with Crippen molar-refractivity contribution in [2.75, 3.05) is 11.5 Å². The Morgan fingerprint density at radius 3 is 2.62 bits per heavy atom. The fraction of sp³-hybridized carbons (Fsp3) is 0.800. The average Bonchev–Trinajstić information content (AvgIpc) is 2.17. The zero-order valence-electron chi connectivity index (χ0n) is 9.36. The quantitative estimate of drug-likeness (QED) is 0.692. The number of carbonyl (C=O) groups excluding carboxylic acids is 1. The van der Waals surface area contributed by atoms with E-state index in [0.717, 1.165) is 24.3 Å². The summed E-state index contributed by atoms with van der Waals surface area (Å²) in [4.78, 5) is 21.9. The Morgan fingerprint density at radius 1 is 1.44 bits per heavy atom. The predicted molar refractivity (Wildman–Crippen MR) is 63.7 cm³/mol. The Labute approximate surface area is 99.4 Å². The van der Waals surface area contributed by atoms with Crippen molar-refractivity contribution in [2.24, 2.45) is 0 Å². The van der Waals surface area contributed by atoms with E-state index in [4.69, 9.17) is 5.11 Å². The SMILES string of the molecule is CC(CC(=O)O)NC(=O)NC1CCSCC1. The molecule has 0 aliphatic carbocycles. The van der Waals surface area contributed by atoms with Gasteiger partial charge in [-0.1, -0.05) is 0 Å². The third-order valence-corrected chi connectivity index (χ3v) is 3.46. The van der Waals surface area contributed by atoms with E-state index in [1.807, 2.05) is 11.8 Å². The van der Waals surface area contributed by atoms with Crippen molar-refractivity contribution in [2.45, 2.75) is 38.3 Å². The smallest absolute Gasteiger partial charge is 0.315 e. The van der Waals surface area contributed by atoms with Crippen LogP contribution in [0.4, 0.5) is 4.79 Å². The van der Waals surface area contributed by atoms with Crippen molar-refractivity contribution in [1.29, 1.82) is 0 Å². The maximum Gasteiger partial charge on any atom is 0.315 e. The van der Waals surface area contributed by atoms with Crippen LogP contribution in [0, 0.1) is 0 Å². The molecule has 3 N–H and O–H groups in total. The van der Waals surface area contributed by atoms with Crippen LogP contribution in [0.1, 0.15) is 26.2 Å². The lowest BCUT2D eigenvalue weighted by molar-refractivity contribution is -0.137. The number of carbonyl (C=O) groups is 2. The molecule has 1 aliphatic rings. The highest BCUT2D eigenvalue weighted by Gasteiger charge is 2.17. The minimum Gasteiger partial charge on any atom is -0.481 e. The summed E-state index contributed by atoms with van der Waals surface area (Å²) >= 11 is 1.90. The van der Waals surface area contributed by atoms with Crippen LogP contribution in [0.5, 0.6) is 0 Å². The van der Waals surface area contributed by atoms with Crippen molar-refractivity contribution in [1.82, 2.24) is 10.6 Å². The molecule has 0 radical (unpaired) electrons. The van der Waals surface area contributed by atoms with Gasteiger partial charge in [-0.25, -0.2) is 4.79 Å². The molecule has 92 valence electrons. The lowest BCUT2D eigenvalue weighted by Gasteiger charge is -2.23. The van der Waals surface area contributed by atoms with Crippen LogP contribution in [0.3, 0.4) is 0 Å². The molecule has 0 aromatic heterocycles. The van der Waals surface area contributed by atoms with Crippen LogP contribution in [-0.4, -0.2) is 40.7 Å². The summed E-state index contributed by atoms with van der Waals surface area (Å²) < 4.78 is 0. The highest BCUT2D eigenvalue weighted by atomic mass is 32.2. The number of hydrogen-bond donors (Lipinski definition) is 3. The van der Waals surface area contributed by atoms with Crippen LogP contribution >= 0.6 is 11.8 Å². The Kier molecular flexibility index (Phi) is 5.45. The highest BCUT2D eigenvalue weighted by Crippen LogP contribution is 2.16. The number of nitrogens with one attached hydrogen (secondary N) is 2. The largest absolute Gasteiger partial charge is 0.481 e. The molecule has 1 heterocycles. The van der Waals surface area contributed by atoms with E-state index in [1.54, 1.807) is 6.92 Å². The van der Waals surface area contributed by atoms with Crippen LogP contribution in [0.15, 0.2) is 0 Å². The zero-order chi connectivity index (χ0) is 12.0. The molecule has 0 bridgehead atoms. The van der Waals surface area contributed by atoms with Gasteiger partial charge < -0.3 is 15.7 Å². The lowest BCUT2D eigenvalue weighted by Crippen LogP contribution is -2.46. The van der Waals surface area contributed by atoms with Crippen LogP contribution in [0.2, 0.25) is 0 Å². The third-order valence-electron chi connectivity index (χ3n) is 2.41. The first-order chi connectivity index (χ1) is 7.58. The molecule has 1 fully saturated rings. The average molecular weight is 246 g/mol. The van der Waals surface area contributed by atoms with Crippen LogP contribution < -0.4 is 10.6 Å². The summed E-state index contributed by atoms with van der Waals surface area (Å²) in [5.74, 6) is 1.26. The van der Waals surface area contributed by atoms with E-state index in [0.29, 0.717) is 0 Å². The molecule has 0 aromatic rings. The molecule has 1 aliphatic heterocycles. The van der Waals surface area contributed by atoms with Crippen molar-refractivity contribution >= 4 is 23.8 Å². The zero-order valence-corrected chi connectivity index (χ0v) is 10.2. The summed E-state index contributed by atoms with van der Waals surface area (Å²) in [6.45, 7) is 1.68. The highest BCUT2D eigenvalue weighted by molar-refractivity contribution is 7.99. The Hall–Kier alpha value is -0.910. The monoisotopic (exact) mass is 246 g/mol. The van der Waals surface area contributed by atoms with Gasteiger partial charge in [-0.3, -0.25) is 4.79 Å². The van der Waals surface area contributed by atoms with Gasteiger partial charge in [-0.05, 0) is 31.3 Å². The van der Waals surface area contributed by atoms with Gasteiger partial charge in [0.1, 0.15) is 0 Å². The molecule has 0 aromatic carbocycles. The number of aliphatic carboxylic acids is 1. The topological polar surface area (TPSA) is 78.4 Å². The van der Waals surface area contributed by atoms with Gasteiger partial charge in [0.25, 0.3) is 0 Å². The maximum atomic E-state index is 11.5. The molecular formula is C10H18N2O3S. The molecule has 1 rings (SSSR count). The Morgan fingerprint density at radius 2 is 2.06 bits per heavy atom. The van der Waals surface area contributed by atoms with E-state index in [-0.39, 0.29) is 24.5 Å². The first-order valence-electron chi connectivity index (χ1n) is 5.44. The second-order valence-corrected chi connectivity index (χ2v) is 5.23. The summed E-state index contributed by atoms with van der Waals surface area (Å²) in [6.07, 6.45) is 1.94. The predicted octanol–water partition coefficient (Wildman–Crippen LogP) is 1.04. The summed E-state index contributed by atoms with van der Waals surface area (Å²) in [5, 5.41) is 14.0. The van der Waals surface area contributed by atoms with E-state index in [9.17, 15) is 9.59 Å². The summed E-state index contributed by atoms with van der Waals surface area (Å²) in [6, 6.07) is -0.362. The molecule has 16 heavy (non-hydrogen) atoms. The Bertz CT molecular complexity index is 254. The number of amides is 2. The first kappa shape index (κ1) is 13.2. The van der Waals surface area contributed by atoms with Gasteiger partial charge >= 0.3 is 12.0 Å². The number of carboxylic acids is 1. The molecule has 0 saturated carbocycles. The van der Waals surface area contributed by atoms with E-state index < -0.39 is 5.97 Å². The van der Waals surface area contributed by atoms with Gasteiger partial charge in [0.15, 0.2) is 0 Å². The normalized spacial score (nSPS) is 18.8. The third kappa shape index (κ3) is 5.25. The minimum absolute atomic E-state index is 0.0477. The molecule has 1 atom stereocenters. The molecule has 5 nitrogen and oxygen atoms in total. The molecular weight excluding hydrogens is 228 g/mol. The molecule has 6 heteroatoms.